The maximum atomic E-state index is 14.4. The summed E-state index contributed by atoms with van der Waals surface area (Å²) in [6.07, 6.45) is 3.76. The van der Waals surface area contributed by atoms with Gasteiger partial charge in [-0.2, -0.15) is 0 Å². The third-order valence-corrected chi connectivity index (χ3v) is 5.25. The average molecular weight is 430 g/mol. The van der Waals surface area contributed by atoms with Gasteiger partial charge in [-0.15, -0.1) is 0 Å². The molecular weight excluding hydrogens is 413 g/mol. The summed E-state index contributed by atoms with van der Waals surface area (Å²) in [6, 6.07) is 10.3. The maximum absolute atomic E-state index is 14.4. The van der Waals surface area contributed by atoms with E-state index in [0.29, 0.717) is 41.3 Å². The molecule has 0 spiro atoms. The first-order valence-corrected chi connectivity index (χ1v) is 9.30. The number of nitrogens with one attached hydrogen (secondary N) is 2. The third kappa shape index (κ3) is 3.12. The number of pyridine rings is 1. The molecule has 3 aromatic rings. The van der Waals surface area contributed by atoms with Crippen molar-refractivity contribution < 1.29 is 13.9 Å². The molecule has 0 saturated heterocycles. The van der Waals surface area contributed by atoms with Crippen molar-refractivity contribution in [1.29, 1.82) is 0 Å². The van der Waals surface area contributed by atoms with E-state index in [1.54, 1.807) is 43.6 Å². The Bertz CT molecular complexity index is 1020. The van der Waals surface area contributed by atoms with E-state index in [0.717, 1.165) is 4.47 Å². The number of carbonyl (C=O) groups excluding carboxylic acids is 1. The van der Waals surface area contributed by atoms with Crippen molar-refractivity contribution in [3.05, 3.63) is 81.6 Å². The Morgan fingerprint density at radius 2 is 2.22 bits per heavy atom. The molecule has 0 radical (unpaired) electrons. The number of hydrogen-bond donors (Lipinski definition) is 2. The Labute approximate surface area is 164 Å². The van der Waals surface area contributed by atoms with Gasteiger partial charge in [0.05, 0.1) is 6.61 Å². The molecule has 1 amide bonds. The minimum Gasteiger partial charge on any atom is -0.491 e. The van der Waals surface area contributed by atoms with Crippen molar-refractivity contribution in [2.75, 3.05) is 6.61 Å². The zero-order valence-electron chi connectivity index (χ0n) is 14.6. The van der Waals surface area contributed by atoms with Crippen molar-refractivity contribution >= 4 is 21.8 Å². The number of aromatic nitrogens is 2. The molecule has 1 aliphatic rings. The molecule has 0 saturated carbocycles. The summed E-state index contributed by atoms with van der Waals surface area (Å²) >= 11 is 3.33. The lowest BCUT2D eigenvalue weighted by molar-refractivity contribution is 0.0879. The van der Waals surface area contributed by atoms with Gasteiger partial charge in [0.15, 0.2) is 0 Å². The first-order chi connectivity index (χ1) is 13.0. The van der Waals surface area contributed by atoms with E-state index < -0.39 is 5.54 Å². The van der Waals surface area contributed by atoms with Crippen molar-refractivity contribution in [2.45, 2.75) is 18.9 Å². The Kier molecular flexibility index (Phi) is 4.47. The van der Waals surface area contributed by atoms with Crippen LogP contribution in [0.15, 0.2) is 53.3 Å². The number of rotatable bonds is 3. The molecule has 4 rings (SSSR count). The number of ether oxygens (including phenoxy) is 1. The summed E-state index contributed by atoms with van der Waals surface area (Å²) in [5, 5.41) is 3.08. The molecule has 1 atom stereocenters. The van der Waals surface area contributed by atoms with Gasteiger partial charge < -0.3 is 15.0 Å². The monoisotopic (exact) mass is 429 g/mol. The largest absolute Gasteiger partial charge is 0.491 e. The fourth-order valence-electron chi connectivity index (χ4n) is 3.35. The normalized spacial score (nSPS) is 18.5. The number of aromatic amines is 1. The Hall–Kier alpha value is -2.67. The molecule has 7 heteroatoms. The van der Waals surface area contributed by atoms with E-state index in [9.17, 15) is 9.18 Å². The number of benzene rings is 1. The van der Waals surface area contributed by atoms with Gasteiger partial charge in [-0.3, -0.25) is 9.78 Å². The topological polar surface area (TPSA) is 67.0 Å². The summed E-state index contributed by atoms with van der Waals surface area (Å²) in [5.41, 5.74) is 1.16. The molecule has 3 heterocycles. The number of halogens is 2. The molecule has 27 heavy (non-hydrogen) atoms. The first-order valence-electron chi connectivity index (χ1n) is 8.51. The lowest BCUT2D eigenvalue weighted by atomic mass is 9.81. The van der Waals surface area contributed by atoms with Crippen LogP contribution in [0.5, 0.6) is 5.75 Å². The Morgan fingerprint density at radius 3 is 2.96 bits per heavy atom. The SMILES string of the molecule is Cc1ccc([C@@]2(NC(=O)c3cc(Br)c[nH]3)CCOc3cccnc32)cc1F. The van der Waals surface area contributed by atoms with Crippen LogP contribution in [0.2, 0.25) is 0 Å². The summed E-state index contributed by atoms with van der Waals surface area (Å²) in [5.74, 6) is -0.0504. The molecule has 0 unspecified atom stereocenters. The van der Waals surface area contributed by atoms with E-state index in [1.807, 2.05) is 6.07 Å². The van der Waals surface area contributed by atoms with E-state index >= 15 is 0 Å². The summed E-state index contributed by atoms with van der Waals surface area (Å²) in [7, 11) is 0. The van der Waals surface area contributed by atoms with Gasteiger partial charge in [-0.1, -0.05) is 12.1 Å². The van der Waals surface area contributed by atoms with Crippen LogP contribution in [0.4, 0.5) is 4.39 Å². The van der Waals surface area contributed by atoms with Crippen LogP contribution < -0.4 is 10.1 Å². The minimum atomic E-state index is -0.988. The standard InChI is InChI=1S/C20H17BrFN3O2/c1-12-4-5-13(9-15(12)22)20(25-19(26)16-10-14(21)11-24-16)6-8-27-17-3-2-7-23-18(17)20/h2-5,7,9-11,24H,6,8H2,1H3,(H,25,26)/t20-/m0/s1. The van der Waals surface area contributed by atoms with Gasteiger partial charge in [-0.05, 0) is 58.2 Å². The second kappa shape index (κ2) is 6.81. The molecule has 2 N–H and O–H groups in total. The van der Waals surface area contributed by atoms with Gasteiger partial charge >= 0.3 is 0 Å². The van der Waals surface area contributed by atoms with E-state index in [4.69, 9.17) is 4.74 Å². The molecular formula is C20H17BrFN3O2. The van der Waals surface area contributed by atoms with Crippen LogP contribution >= 0.6 is 15.9 Å². The molecule has 0 bridgehead atoms. The van der Waals surface area contributed by atoms with E-state index in [-0.39, 0.29) is 11.7 Å². The van der Waals surface area contributed by atoms with Crippen LogP contribution in [0.25, 0.3) is 0 Å². The van der Waals surface area contributed by atoms with Gasteiger partial charge in [0.1, 0.15) is 28.5 Å². The zero-order valence-corrected chi connectivity index (χ0v) is 16.1. The number of aryl methyl sites for hydroxylation is 1. The third-order valence-electron chi connectivity index (χ3n) is 4.79. The number of carbonyl (C=O) groups is 1. The van der Waals surface area contributed by atoms with Crippen molar-refractivity contribution in [3.8, 4) is 5.75 Å². The van der Waals surface area contributed by atoms with Crippen LogP contribution in [0, 0.1) is 12.7 Å². The fourth-order valence-corrected chi connectivity index (χ4v) is 3.70. The predicted octanol–water partition coefficient (Wildman–Crippen LogP) is 4.08. The highest BCUT2D eigenvalue weighted by atomic mass is 79.9. The van der Waals surface area contributed by atoms with Crippen molar-refractivity contribution in [3.63, 3.8) is 0 Å². The van der Waals surface area contributed by atoms with E-state index in [2.05, 4.69) is 31.2 Å². The molecule has 1 aromatic carbocycles. The summed E-state index contributed by atoms with van der Waals surface area (Å²) in [6.45, 7) is 2.08. The maximum Gasteiger partial charge on any atom is 0.268 e. The number of H-pyrrole nitrogens is 1. The number of hydrogen-bond acceptors (Lipinski definition) is 3. The first kappa shape index (κ1) is 17.7. The quantitative estimate of drug-likeness (QED) is 0.658. The highest BCUT2D eigenvalue weighted by Gasteiger charge is 2.43. The molecule has 0 aliphatic carbocycles. The van der Waals surface area contributed by atoms with Crippen LogP contribution in [-0.4, -0.2) is 22.5 Å². The van der Waals surface area contributed by atoms with Crippen LogP contribution in [-0.2, 0) is 5.54 Å². The van der Waals surface area contributed by atoms with Crippen LogP contribution in [0.3, 0.4) is 0 Å². The average Bonchev–Trinajstić information content (AvgIpc) is 3.11. The predicted molar refractivity (Wildman–Crippen MR) is 102 cm³/mol. The van der Waals surface area contributed by atoms with Gasteiger partial charge in [0.2, 0.25) is 0 Å². The lowest BCUT2D eigenvalue weighted by Gasteiger charge is -2.39. The molecule has 2 aromatic heterocycles. The van der Waals surface area contributed by atoms with Crippen LogP contribution in [0.1, 0.15) is 33.7 Å². The molecule has 1 aliphatic heterocycles. The smallest absolute Gasteiger partial charge is 0.268 e. The highest BCUT2D eigenvalue weighted by molar-refractivity contribution is 9.10. The molecule has 0 fully saturated rings. The zero-order chi connectivity index (χ0) is 19.0. The van der Waals surface area contributed by atoms with Gasteiger partial charge in [0.25, 0.3) is 5.91 Å². The second-order valence-corrected chi connectivity index (χ2v) is 7.42. The summed E-state index contributed by atoms with van der Waals surface area (Å²) in [4.78, 5) is 20.3. The number of fused-ring (bicyclic) bond motifs is 1. The molecule has 5 nitrogen and oxygen atoms in total. The lowest BCUT2D eigenvalue weighted by Crippen LogP contribution is -2.50. The fraction of sp³-hybridized carbons (Fsp3) is 0.200. The van der Waals surface area contributed by atoms with Crippen molar-refractivity contribution in [1.82, 2.24) is 15.3 Å². The van der Waals surface area contributed by atoms with Gasteiger partial charge in [-0.25, -0.2) is 4.39 Å². The van der Waals surface area contributed by atoms with Gasteiger partial charge in [0, 0.05) is 23.3 Å². The Morgan fingerprint density at radius 1 is 1.37 bits per heavy atom. The highest BCUT2D eigenvalue weighted by Crippen LogP contribution is 2.41. The molecule has 138 valence electrons. The van der Waals surface area contributed by atoms with E-state index in [1.165, 1.54) is 6.07 Å². The second-order valence-electron chi connectivity index (χ2n) is 6.50. The Balaban J connectivity index is 1.86. The number of nitrogens with zero attached hydrogens (tertiary/aromatic N) is 1. The summed E-state index contributed by atoms with van der Waals surface area (Å²) < 4.78 is 20.9. The van der Waals surface area contributed by atoms with Crippen molar-refractivity contribution in [2.24, 2.45) is 0 Å². The number of amides is 1. The minimum absolute atomic E-state index is 0.305.